The van der Waals surface area contributed by atoms with Crippen LogP contribution in [0.25, 0.3) is 0 Å². The topological polar surface area (TPSA) is 79.3 Å². The molecule has 2 N–H and O–H groups in total. The molecule has 2 aromatic heterocycles. The van der Waals surface area contributed by atoms with Crippen molar-refractivity contribution in [3.8, 4) is 0 Å². The van der Waals surface area contributed by atoms with Gasteiger partial charge in [0.2, 0.25) is 10.0 Å². The number of hydrogen-bond donors (Lipinski definition) is 2. The second-order valence-electron chi connectivity index (χ2n) is 3.57. The van der Waals surface area contributed by atoms with Crippen LogP contribution in [0.15, 0.2) is 22.5 Å². The molecule has 0 bridgehead atoms. The van der Waals surface area contributed by atoms with Crippen molar-refractivity contribution in [1.82, 2.24) is 9.71 Å². The molecule has 0 spiro atoms. The van der Waals surface area contributed by atoms with Gasteiger partial charge in [-0.05, 0) is 19.1 Å². The molecule has 0 aliphatic carbocycles. The van der Waals surface area contributed by atoms with Gasteiger partial charge in [0.25, 0.3) is 0 Å². The summed E-state index contributed by atoms with van der Waals surface area (Å²) in [7, 11) is -3.51. The number of rotatable bonds is 5. The van der Waals surface area contributed by atoms with Crippen molar-refractivity contribution in [3.63, 3.8) is 0 Å². The lowest BCUT2D eigenvalue weighted by Crippen LogP contribution is -2.22. The Bertz CT molecular complexity index is 630. The number of thiazole rings is 1. The van der Waals surface area contributed by atoms with E-state index in [0.717, 1.165) is 21.2 Å². The molecule has 0 aliphatic heterocycles. The first kappa shape index (κ1) is 13.6. The third-order valence-electron chi connectivity index (χ3n) is 2.14. The van der Waals surface area contributed by atoms with E-state index in [2.05, 4.69) is 9.71 Å². The van der Waals surface area contributed by atoms with E-state index >= 15 is 0 Å². The molecule has 2 heterocycles. The summed E-state index contributed by atoms with van der Waals surface area (Å²) in [6, 6.07) is 3.10. The molecule has 0 aliphatic rings. The highest BCUT2D eigenvalue weighted by Gasteiger charge is 2.16. The van der Waals surface area contributed by atoms with Gasteiger partial charge in [0, 0.05) is 16.0 Å². The number of aliphatic hydroxyl groups excluding tert-OH is 1. The number of sulfonamides is 1. The summed E-state index contributed by atoms with van der Waals surface area (Å²) < 4.78 is 26.6. The zero-order chi connectivity index (χ0) is 13.2. The van der Waals surface area contributed by atoms with Crippen molar-refractivity contribution in [1.29, 1.82) is 0 Å². The summed E-state index contributed by atoms with van der Waals surface area (Å²) in [5.41, 5.74) is 0. The van der Waals surface area contributed by atoms with Gasteiger partial charge in [-0.25, -0.2) is 18.1 Å². The third kappa shape index (κ3) is 3.15. The number of nitrogens with zero attached hydrogens (tertiary/aromatic N) is 1. The van der Waals surface area contributed by atoms with Crippen molar-refractivity contribution in [3.05, 3.63) is 33.1 Å². The minimum atomic E-state index is -3.51. The standard InChI is InChI=1S/C10H12N2O3S3/c1-7-4-11-9(16-7)5-12-18(14,15)10-3-2-8(6-13)17-10/h2-4,12-13H,5-6H2,1H3. The van der Waals surface area contributed by atoms with Crippen LogP contribution in [0.5, 0.6) is 0 Å². The van der Waals surface area contributed by atoms with Gasteiger partial charge in [-0.1, -0.05) is 0 Å². The minimum Gasteiger partial charge on any atom is -0.391 e. The minimum absolute atomic E-state index is 0.147. The van der Waals surface area contributed by atoms with Crippen LogP contribution in [0.1, 0.15) is 14.8 Å². The van der Waals surface area contributed by atoms with Gasteiger partial charge >= 0.3 is 0 Å². The molecular formula is C10H12N2O3S3. The average molecular weight is 304 g/mol. The number of aryl methyl sites for hydroxylation is 1. The van der Waals surface area contributed by atoms with E-state index in [-0.39, 0.29) is 17.4 Å². The first-order chi connectivity index (χ1) is 8.51. The number of thiophene rings is 1. The molecular weight excluding hydrogens is 292 g/mol. The van der Waals surface area contributed by atoms with Crippen LogP contribution in [-0.4, -0.2) is 18.5 Å². The van der Waals surface area contributed by atoms with Crippen molar-refractivity contribution in [2.24, 2.45) is 0 Å². The molecule has 18 heavy (non-hydrogen) atoms. The number of nitrogens with one attached hydrogen (secondary N) is 1. The summed E-state index contributed by atoms with van der Waals surface area (Å²) in [4.78, 5) is 5.76. The SMILES string of the molecule is Cc1cnc(CNS(=O)(=O)c2ccc(CO)s2)s1. The van der Waals surface area contributed by atoms with Crippen LogP contribution in [0, 0.1) is 6.92 Å². The van der Waals surface area contributed by atoms with Gasteiger partial charge in [-0.15, -0.1) is 22.7 Å². The summed E-state index contributed by atoms with van der Waals surface area (Å²) in [5.74, 6) is 0. The lowest BCUT2D eigenvalue weighted by atomic mass is 10.5. The van der Waals surface area contributed by atoms with Crippen molar-refractivity contribution in [2.75, 3.05) is 0 Å². The molecule has 0 radical (unpaired) electrons. The highest BCUT2D eigenvalue weighted by Crippen LogP contribution is 2.21. The molecule has 0 unspecified atom stereocenters. The lowest BCUT2D eigenvalue weighted by Gasteiger charge is -2.01. The normalized spacial score (nSPS) is 11.9. The second-order valence-corrected chi connectivity index (χ2v) is 8.05. The summed E-state index contributed by atoms with van der Waals surface area (Å²) in [6.45, 7) is 1.96. The van der Waals surface area contributed by atoms with E-state index < -0.39 is 10.0 Å². The molecule has 8 heteroatoms. The Balaban J connectivity index is 2.07. The third-order valence-corrected chi connectivity index (χ3v) is 6.02. The van der Waals surface area contributed by atoms with Crippen LogP contribution in [0.2, 0.25) is 0 Å². The van der Waals surface area contributed by atoms with E-state index in [9.17, 15) is 8.42 Å². The van der Waals surface area contributed by atoms with Crippen molar-refractivity contribution < 1.29 is 13.5 Å². The number of hydrogen-bond acceptors (Lipinski definition) is 6. The summed E-state index contributed by atoms with van der Waals surface area (Å²) in [5, 5.41) is 9.65. The monoisotopic (exact) mass is 304 g/mol. The fraction of sp³-hybridized carbons (Fsp3) is 0.300. The van der Waals surface area contributed by atoms with Gasteiger partial charge < -0.3 is 5.11 Å². The number of aliphatic hydroxyl groups is 1. The predicted octanol–water partition coefficient (Wildman–Crippen LogP) is 1.48. The molecule has 2 rings (SSSR count). The highest BCUT2D eigenvalue weighted by molar-refractivity contribution is 7.91. The molecule has 0 saturated heterocycles. The molecule has 0 fully saturated rings. The molecule has 0 amide bonds. The number of aromatic nitrogens is 1. The maximum absolute atomic E-state index is 11.9. The predicted molar refractivity (Wildman–Crippen MR) is 71.1 cm³/mol. The zero-order valence-electron chi connectivity index (χ0n) is 9.58. The van der Waals surface area contributed by atoms with Crippen LogP contribution in [-0.2, 0) is 23.2 Å². The van der Waals surface area contributed by atoms with E-state index in [0.29, 0.717) is 4.88 Å². The smallest absolute Gasteiger partial charge is 0.250 e. The molecule has 98 valence electrons. The van der Waals surface area contributed by atoms with Gasteiger partial charge in [-0.3, -0.25) is 0 Å². The Morgan fingerprint density at radius 1 is 1.39 bits per heavy atom. The highest BCUT2D eigenvalue weighted by atomic mass is 32.2. The molecule has 2 aromatic rings. The van der Waals surface area contributed by atoms with E-state index in [1.807, 2.05) is 6.92 Å². The molecule has 0 atom stereocenters. The molecule has 0 aromatic carbocycles. The van der Waals surface area contributed by atoms with Crippen molar-refractivity contribution in [2.45, 2.75) is 24.3 Å². The fourth-order valence-corrected chi connectivity index (χ4v) is 4.36. The first-order valence-electron chi connectivity index (χ1n) is 5.12. The lowest BCUT2D eigenvalue weighted by molar-refractivity contribution is 0.285. The van der Waals surface area contributed by atoms with Crippen LogP contribution < -0.4 is 4.72 Å². The quantitative estimate of drug-likeness (QED) is 0.877. The maximum atomic E-state index is 11.9. The van der Waals surface area contributed by atoms with Crippen LogP contribution in [0.4, 0.5) is 0 Å². The summed E-state index contributed by atoms with van der Waals surface area (Å²) >= 11 is 2.52. The Morgan fingerprint density at radius 3 is 2.72 bits per heavy atom. The van der Waals surface area contributed by atoms with E-state index in [1.54, 1.807) is 12.3 Å². The fourth-order valence-electron chi connectivity index (χ4n) is 1.30. The Kier molecular flexibility index (Phi) is 4.13. The van der Waals surface area contributed by atoms with Gasteiger partial charge in [-0.2, -0.15) is 0 Å². The zero-order valence-corrected chi connectivity index (χ0v) is 12.0. The van der Waals surface area contributed by atoms with Crippen molar-refractivity contribution >= 4 is 32.7 Å². The second kappa shape index (κ2) is 5.45. The van der Waals surface area contributed by atoms with Crippen LogP contribution >= 0.6 is 22.7 Å². The Morgan fingerprint density at radius 2 is 2.17 bits per heavy atom. The average Bonchev–Trinajstić information content (AvgIpc) is 2.95. The molecule has 0 saturated carbocycles. The van der Waals surface area contributed by atoms with Gasteiger partial charge in [0.1, 0.15) is 9.22 Å². The maximum Gasteiger partial charge on any atom is 0.250 e. The Hall–Kier alpha value is -0.800. The molecule has 5 nitrogen and oxygen atoms in total. The summed E-state index contributed by atoms with van der Waals surface area (Å²) in [6.07, 6.45) is 1.71. The van der Waals surface area contributed by atoms with Gasteiger partial charge in [0.05, 0.1) is 13.2 Å². The van der Waals surface area contributed by atoms with Gasteiger partial charge in [0.15, 0.2) is 0 Å². The largest absolute Gasteiger partial charge is 0.391 e. The first-order valence-corrected chi connectivity index (χ1v) is 8.23. The van der Waals surface area contributed by atoms with E-state index in [1.165, 1.54) is 17.4 Å². The van der Waals surface area contributed by atoms with E-state index in [4.69, 9.17) is 5.11 Å². The Labute approximate surface area is 113 Å². The van der Waals surface area contributed by atoms with Crippen LogP contribution in [0.3, 0.4) is 0 Å².